The number of aromatic nitrogens is 4. The Morgan fingerprint density at radius 2 is 2.12 bits per heavy atom. The van der Waals surface area contributed by atoms with Crippen molar-refractivity contribution in [1.82, 2.24) is 25.1 Å². The molecule has 0 atom stereocenters. The van der Waals surface area contributed by atoms with Gasteiger partial charge in [0.05, 0.1) is 24.2 Å². The summed E-state index contributed by atoms with van der Waals surface area (Å²) in [6.45, 7) is 0.425. The fourth-order valence-corrected chi connectivity index (χ4v) is 2.93. The van der Waals surface area contributed by atoms with Gasteiger partial charge in [0.25, 0.3) is 0 Å². The lowest BCUT2D eigenvalue weighted by molar-refractivity contribution is -0.127. The van der Waals surface area contributed by atoms with Crippen LogP contribution in [0.25, 0.3) is 5.69 Å². The first-order chi connectivity index (χ1) is 11.6. The molecule has 7 nitrogen and oxygen atoms in total. The Morgan fingerprint density at radius 3 is 2.83 bits per heavy atom. The van der Waals surface area contributed by atoms with Gasteiger partial charge in [0.2, 0.25) is 11.1 Å². The Bertz CT molecular complexity index is 804. The first-order valence-electron chi connectivity index (χ1n) is 7.07. The van der Waals surface area contributed by atoms with Crippen LogP contribution in [-0.4, -0.2) is 43.8 Å². The molecular formula is C15H14ClN5O2S. The second-order valence-corrected chi connectivity index (χ2v) is 6.35. The highest BCUT2D eigenvalue weighted by Gasteiger charge is 2.15. The zero-order chi connectivity index (χ0) is 16.9. The van der Waals surface area contributed by atoms with Gasteiger partial charge in [-0.3, -0.25) is 4.79 Å². The highest BCUT2D eigenvalue weighted by Crippen LogP contribution is 2.20. The number of carbonyl (C=O) groups excluding carboxylic acids is 1. The third-order valence-electron chi connectivity index (χ3n) is 3.24. The molecule has 2 heterocycles. The van der Waals surface area contributed by atoms with Crippen LogP contribution in [0.15, 0.2) is 52.2 Å². The predicted octanol–water partition coefficient (Wildman–Crippen LogP) is 2.66. The standard InChI is InChI=1S/C15H14ClN5O2S/c1-20(9-13-3-2-8-23-13)14(22)10-24-15-17-18-19-21(15)12-6-4-11(16)5-7-12/h2-8H,9-10H2,1H3. The molecule has 0 unspecified atom stereocenters. The van der Waals surface area contributed by atoms with E-state index in [0.717, 1.165) is 11.4 Å². The fraction of sp³-hybridized carbons (Fsp3) is 0.200. The highest BCUT2D eigenvalue weighted by molar-refractivity contribution is 7.99. The Kier molecular flexibility index (Phi) is 5.17. The second-order valence-electron chi connectivity index (χ2n) is 4.97. The molecule has 0 aliphatic heterocycles. The summed E-state index contributed by atoms with van der Waals surface area (Å²) < 4.78 is 6.81. The van der Waals surface area contributed by atoms with Crippen LogP contribution in [0.1, 0.15) is 5.76 Å². The van der Waals surface area contributed by atoms with Crippen molar-refractivity contribution in [1.29, 1.82) is 0 Å². The van der Waals surface area contributed by atoms with Crippen molar-refractivity contribution in [2.45, 2.75) is 11.7 Å². The van der Waals surface area contributed by atoms with Crippen LogP contribution in [0.2, 0.25) is 5.02 Å². The van der Waals surface area contributed by atoms with E-state index in [1.165, 1.54) is 11.8 Å². The van der Waals surface area contributed by atoms with E-state index in [-0.39, 0.29) is 11.7 Å². The molecule has 0 spiro atoms. The van der Waals surface area contributed by atoms with Gasteiger partial charge in [-0.05, 0) is 46.8 Å². The summed E-state index contributed by atoms with van der Waals surface area (Å²) in [5, 5.41) is 12.8. The van der Waals surface area contributed by atoms with Gasteiger partial charge in [0.15, 0.2) is 0 Å². The van der Waals surface area contributed by atoms with Crippen LogP contribution >= 0.6 is 23.4 Å². The summed E-state index contributed by atoms with van der Waals surface area (Å²) in [6, 6.07) is 10.8. The van der Waals surface area contributed by atoms with Gasteiger partial charge in [-0.25, -0.2) is 0 Å². The molecule has 24 heavy (non-hydrogen) atoms. The van der Waals surface area contributed by atoms with E-state index in [1.807, 2.05) is 18.2 Å². The third kappa shape index (κ3) is 3.95. The number of carbonyl (C=O) groups is 1. The molecule has 3 rings (SSSR count). The Morgan fingerprint density at radius 1 is 1.33 bits per heavy atom. The highest BCUT2D eigenvalue weighted by atomic mass is 35.5. The summed E-state index contributed by atoms with van der Waals surface area (Å²) in [4.78, 5) is 13.8. The Hall–Kier alpha value is -2.32. The molecule has 0 radical (unpaired) electrons. The number of nitrogens with zero attached hydrogens (tertiary/aromatic N) is 5. The van der Waals surface area contributed by atoms with Crippen molar-refractivity contribution >= 4 is 29.3 Å². The molecule has 1 aromatic carbocycles. The van der Waals surface area contributed by atoms with E-state index in [4.69, 9.17) is 16.0 Å². The van der Waals surface area contributed by atoms with Crippen molar-refractivity contribution in [3.8, 4) is 5.69 Å². The number of furan rings is 1. The van der Waals surface area contributed by atoms with E-state index in [2.05, 4.69) is 15.5 Å². The number of rotatable bonds is 6. The zero-order valence-corrected chi connectivity index (χ0v) is 14.4. The first-order valence-corrected chi connectivity index (χ1v) is 8.43. The molecule has 0 N–H and O–H groups in total. The van der Waals surface area contributed by atoms with Gasteiger partial charge < -0.3 is 9.32 Å². The lowest BCUT2D eigenvalue weighted by atomic mass is 10.3. The minimum absolute atomic E-state index is 0.0398. The van der Waals surface area contributed by atoms with Crippen LogP contribution in [0.4, 0.5) is 0 Å². The van der Waals surface area contributed by atoms with Crippen molar-refractivity contribution in [3.63, 3.8) is 0 Å². The lowest BCUT2D eigenvalue weighted by Gasteiger charge is -2.15. The van der Waals surface area contributed by atoms with E-state index in [1.54, 1.807) is 41.1 Å². The summed E-state index contributed by atoms with van der Waals surface area (Å²) >= 11 is 7.16. The van der Waals surface area contributed by atoms with Crippen LogP contribution < -0.4 is 0 Å². The average molecular weight is 364 g/mol. The van der Waals surface area contributed by atoms with E-state index >= 15 is 0 Å². The van der Waals surface area contributed by atoms with Crippen molar-refractivity contribution in [3.05, 3.63) is 53.4 Å². The molecule has 0 saturated carbocycles. The van der Waals surface area contributed by atoms with Crippen LogP contribution in [0.5, 0.6) is 0 Å². The molecule has 2 aromatic heterocycles. The molecule has 0 aliphatic carbocycles. The summed E-state index contributed by atoms with van der Waals surface area (Å²) in [7, 11) is 1.73. The number of hydrogen-bond donors (Lipinski definition) is 0. The SMILES string of the molecule is CN(Cc1ccco1)C(=O)CSc1nnnn1-c1ccc(Cl)cc1. The Balaban J connectivity index is 1.62. The Labute approximate surface area is 147 Å². The maximum absolute atomic E-state index is 12.2. The number of benzene rings is 1. The maximum Gasteiger partial charge on any atom is 0.233 e. The summed E-state index contributed by atoms with van der Waals surface area (Å²) in [6.07, 6.45) is 1.59. The number of thioether (sulfide) groups is 1. The van der Waals surface area contributed by atoms with Crippen molar-refractivity contribution in [2.75, 3.05) is 12.8 Å². The van der Waals surface area contributed by atoms with E-state index in [9.17, 15) is 4.79 Å². The monoisotopic (exact) mass is 363 g/mol. The van der Waals surface area contributed by atoms with E-state index < -0.39 is 0 Å². The third-order valence-corrected chi connectivity index (χ3v) is 4.39. The number of hydrogen-bond acceptors (Lipinski definition) is 6. The fourth-order valence-electron chi connectivity index (χ4n) is 1.97. The molecule has 0 aliphatic rings. The first kappa shape index (κ1) is 16.5. The van der Waals surface area contributed by atoms with Crippen molar-refractivity contribution in [2.24, 2.45) is 0 Å². The molecule has 124 valence electrons. The minimum atomic E-state index is -0.0398. The quantitative estimate of drug-likeness (QED) is 0.626. The average Bonchev–Trinajstić information content (AvgIpc) is 3.25. The van der Waals surface area contributed by atoms with Crippen LogP contribution in [-0.2, 0) is 11.3 Å². The minimum Gasteiger partial charge on any atom is -0.467 e. The zero-order valence-electron chi connectivity index (χ0n) is 12.8. The largest absolute Gasteiger partial charge is 0.467 e. The van der Waals surface area contributed by atoms with Gasteiger partial charge in [-0.1, -0.05) is 23.4 Å². The van der Waals surface area contributed by atoms with E-state index in [0.29, 0.717) is 16.7 Å². The van der Waals surface area contributed by atoms with Gasteiger partial charge in [-0.2, -0.15) is 4.68 Å². The van der Waals surface area contributed by atoms with Gasteiger partial charge >= 0.3 is 0 Å². The summed E-state index contributed by atoms with van der Waals surface area (Å²) in [5.41, 5.74) is 0.781. The topological polar surface area (TPSA) is 77.1 Å². The van der Waals surface area contributed by atoms with Gasteiger partial charge in [0.1, 0.15) is 5.76 Å². The number of tetrazole rings is 1. The second kappa shape index (κ2) is 7.50. The molecular weight excluding hydrogens is 350 g/mol. The number of amides is 1. The molecule has 0 fully saturated rings. The lowest BCUT2D eigenvalue weighted by Crippen LogP contribution is -2.27. The maximum atomic E-state index is 12.2. The number of halogens is 1. The summed E-state index contributed by atoms with van der Waals surface area (Å²) in [5.74, 6) is 0.925. The predicted molar refractivity (Wildman–Crippen MR) is 90.1 cm³/mol. The smallest absolute Gasteiger partial charge is 0.233 e. The molecule has 1 amide bonds. The van der Waals surface area contributed by atoms with Crippen LogP contribution in [0, 0.1) is 0 Å². The molecule has 0 saturated heterocycles. The molecule has 3 aromatic rings. The molecule has 9 heteroatoms. The van der Waals surface area contributed by atoms with Gasteiger partial charge in [-0.15, -0.1) is 5.10 Å². The molecule has 0 bridgehead atoms. The van der Waals surface area contributed by atoms with Crippen molar-refractivity contribution < 1.29 is 9.21 Å². The van der Waals surface area contributed by atoms with Gasteiger partial charge in [0, 0.05) is 12.1 Å². The normalized spacial score (nSPS) is 10.8. The van der Waals surface area contributed by atoms with Crippen LogP contribution in [0.3, 0.4) is 0 Å².